The van der Waals surface area contributed by atoms with Crippen LogP contribution in [0.5, 0.6) is 5.88 Å². The number of hydrogen-bond donors (Lipinski definition) is 1. The molecule has 0 aliphatic carbocycles. The number of rotatable bonds is 5. The molecule has 4 rings (SSSR count). The summed E-state index contributed by atoms with van der Waals surface area (Å²) in [6.07, 6.45) is 1.85. The van der Waals surface area contributed by atoms with E-state index in [9.17, 15) is 13.2 Å². The lowest BCUT2D eigenvalue weighted by Crippen LogP contribution is -2.38. The number of amides is 1. The third-order valence-electron chi connectivity index (χ3n) is 4.36. The van der Waals surface area contributed by atoms with E-state index >= 15 is 0 Å². The fourth-order valence-corrected chi connectivity index (χ4v) is 5.68. The zero-order valence-corrected chi connectivity index (χ0v) is 15.9. The van der Waals surface area contributed by atoms with Gasteiger partial charge in [0.15, 0.2) is 16.4 Å². The Balaban J connectivity index is 1.51. The monoisotopic (exact) mass is 403 g/mol. The van der Waals surface area contributed by atoms with Crippen molar-refractivity contribution in [2.75, 3.05) is 18.1 Å². The van der Waals surface area contributed by atoms with Crippen molar-refractivity contribution in [3.63, 3.8) is 0 Å². The Morgan fingerprint density at radius 1 is 1.26 bits per heavy atom. The van der Waals surface area contributed by atoms with E-state index in [0.717, 1.165) is 21.3 Å². The molecule has 0 unspecified atom stereocenters. The van der Waals surface area contributed by atoms with Crippen molar-refractivity contribution < 1.29 is 17.9 Å². The first-order chi connectivity index (χ1) is 13.0. The van der Waals surface area contributed by atoms with E-state index in [2.05, 4.69) is 15.3 Å². The highest BCUT2D eigenvalue weighted by Gasteiger charge is 2.29. The Hall–Kier alpha value is -2.52. The molecule has 3 aromatic rings. The number of thiophene rings is 1. The van der Waals surface area contributed by atoms with Gasteiger partial charge in [-0.2, -0.15) is 0 Å². The van der Waals surface area contributed by atoms with Gasteiger partial charge in [-0.1, -0.05) is 30.3 Å². The molecule has 0 saturated carbocycles. The molecule has 1 aromatic carbocycles. The molecule has 1 aliphatic heterocycles. The first-order valence-electron chi connectivity index (χ1n) is 8.42. The zero-order valence-electron chi connectivity index (χ0n) is 14.3. The molecule has 1 atom stereocenters. The summed E-state index contributed by atoms with van der Waals surface area (Å²) in [6, 6.07) is 9.48. The normalized spacial score (nSPS) is 18.4. The summed E-state index contributed by atoms with van der Waals surface area (Å²) in [4.78, 5) is 21.4. The van der Waals surface area contributed by atoms with Crippen molar-refractivity contribution in [1.29, 1.82) is 0 Å². The average Bonchev–Trinajstić information content (AvgIpc) is 3.24. The van der Waals surface area contributed by atoms with Gasteiger partial charge in [0.25, 0.3) is 5.91 Å². The van der Waals surface area contributed by atoms with Crippen LogP contribution in [0.2, 0.25) is 0 Å². The van der Waals surface area contributed by atoms with Gasteiger partial charge in [0, 0.05) is 17.0 Å². The first-order valence-corrected chi connectivity index (χ1v) is 11.1. The maximum atomic E-state index is 12.1. The van der Waals surface area contributed by atoms with Crippen molar-refractivity contribution in [3.8, 4) is 17.0 Å². The van der Waals surface area contributed by atoms with E-state index in [4.69, 9.17) is 4.74 Å². The fraction of sp³-hybridized carbons (Fsp3) is 0.278. The highest BCUT2D eigenvalue weighted by atomic mass is 32.2. The number of carbonyl (C=O) groups excluding carboxylic acids is 1. The van der Waals surface area contributed by atoms with Gasteiger partial charge in [-0.3, -0.25) is 4.79 Å². The second-order valence-corrected chi connectivity index (χ2v) is 9.42. The lowest BCUT2D eigenvalue weighted by atomic mass is 10.1. The van der Waals surface area contributed by atoms with Crippen LogP contribution in [0, 0.1) is 0 Å². The number of fused-ring (bicyclic) bond motifs is 1. The van der Waals surface area contributed by atoms with Crippen LogP contribution in [-0.2, 0) is 14.6 Å². The number of benzene rings is 1. The van der Waals surface area contributed by atoms with Crippen LogP contribution in [0.25, 0.3) is 21.3 Å². The van der Waals surface area contributed by atoms with Crippen LogP contribution >= 0.6 is 11.3 Å². The van der Waals surface area contributed by atoms with Crippen molar-refractivity contribution in [2.45, 2.75) is 12.5 Å². The molecule has 0 spiro atoms. The fourth-order valence-electron chi connectivity index (χ4n) is 3.10. The molecular formula is C18H17N3O4S2. The van der Waals surface area contributed by atoms with E-state index in [1.807, 2.05) is 35.7 Å². The van der Waals surface area contributed by atoms with E-state index in [1.165, 1.54) is 17.7 Å². The Morgan fingerprint density at radius 3 is 2.81 bits per heavy atom. The SMILES string of the molecule is O=C(COc1ncnc2scc(-c3ccccc3)c12)N[C@@H]1CCS(=O)(=O)C1. The van der Waals surface area contributed by atoms with Crippen molar-refractivity contribution in [2.24, 2.45) is 0 Å². The number of aromatic nitrogens is 2. The average molecular weight is 403 g/mol. The van der Waals surface area contributed by atoms with Gasteiger partial charge in [0.2, 0.25) is 5.88 Å². The second-order valence-electron chi connectivity index (χ2n) is 6.33. The van der Waals surface area contributed by atoms with Crippen molar-refractivity contribution in [1.82, 2.24) is 15.3 Å². The van der Waals surface area contributed by atoms with Gasteiger partial charge >= 0.3 is 0 Å². The lowest BCUT2D eigenvalue weighted by molar-refractivity contribution is -0.123. The minimum Gasteiger partial charge on any atom is -0.467 e. The number of ether oxygens (including phenoxy) is 1. The first kappa shape index (κ1) is 17.9. The molecule has 0 radical (unpaired) electrons. The van der Waals surface area contributed by atoms with Gasteiger partial charge in [-0.25, -0.2) is 18.4 Å². The molecule has 1 N–H and O–H groups in total. The van der Waals surface area contributed by atoms with Crippen LogP contribution in [-0.4, -0.2) is 48.4 Å². The number of nitrogens with zero attached hydrogens (tertiary/aromatic N) is 2. The summed E-state index contributed by atoms with van der Waals surface area (Å²) in [5.41, 5.74) is 1.97. The molecule has 9 heteroatoms. The molecule has 1 aliphatic rings. The van der Waals surface area contributed by atoms with Gasteiger partial charge in [-0.15, -0.1) is 11.3 Å². The Kier molecular flexibility index (Phi) is 4.79. The predicted molar refractivity (Wildman–Crippen MR) is 104 cm³/mol. The summed E-state index contributed by atoms with van der Waals surface area (Å²) >= 11 is 1.48. The van der Waals surface area contributed by atoms with Gasteiger partial charge in [0.1, 0.15) is 11.2 Å². The molecule has 140 valence electrons. The highest BCUT2D eigenvalue weighted by molar-refractivity contribution is 7.91. The largest absolute Gasteiger partial charge is 0.467 e. The number of sulfone groups is 1. The van der Waals surface area contributed by atoms with Crippen molar-refractivity contribution in [3.05, 3.63) is 42.0 Å². The topological polar surface area (TPSA) is 98.2 Å². The van der Waals surface area contributed by atoms with E-state index in [1.54, 1.807) is 0 Å². The number of hydrogen-bond acceptors (Lipinski definition) is 7. The lowest BCUT2D eigenvalue weighted by Gasteiger charge is -2.12. The minimum atomic E-state index is -3.04. The van der Waals surface area contributed by atoms with Crippen LogP contribution in [0.15, 0.2) is 42.0 Å². The maximum Gasteiger partial charge on any atom is 0.258 e. The van der Waals surface area contributed by atoms with Crippen LogP contribution in [0.4, 0.5) is 0 Å². The summed E-state index contributed by atoms with van der Waals surface area (Å²) in [5, 5.41) is 5.47. The second kappa shape index (κ2) is 7.24. The smallest absolute Gasteiger partial charge is 0.258 e. The van der Waals surface area contributed by atoms with E-state index in [-0.39, 0.29) is 30.1 Å². The zero-order chi connectivity index (χ0) is 18.9. The van der Waals surface area contributed by atoms with Gasteiger partial charge in [0.05, 0.1) is 16.9 Å². The minimum absolute atomic E-state index is 0.0147. The molecule has 1 saturated heterocycles. The summed E-state index contributed by atoms with van der Waals surface area (Å²) in [7, 11) is -3.04. The molecule has 2 aromatic heterocycles. The van der Waals surface area contributed by atoms with Crippen LogP contribution in [0.3, 0.4) is 0 Å². The Bertz CT molecular complexity index is 1080. The van der Waals surface area contributed by atoms with E-state index in [0.29, 0.717) is 12.3 Å². The molecule has 3 heterocycles. The molecule has 27 heavy (non-hydrogen) atoms. The molecule has 0 bridgehead atoms. The van der Waals surface area contributed by atoms with Gasteiger partial charge in [-0.05, 0) is 12.0 Å². The number of nitrogens with one attached hydrogen (secondary N) is 1. The standard InChI is InChI=1S/C18H17N3O4S2/c22-15(21-13-6-7-27(23,24)10-13)8-25-17-16-14(12-4-2-1-3-5-12)9-26-18(16)20-11-19-17/h1-5,9,11,13H,6-8,10H2,(H,21,22)/t13-/m1/s1. The number of carbonyl (C=O) groups is 1. The quantitative estimate of drug-likeness (QED) is 0.700. The third-order valence-corrected chi connectivity index (χ3v) is 7.01. The molecule has 1 fully saturated rings. The highest BCUT2D eigenvalue weighted by Crippen LogP contribution is 2.37. The molecule has 7 nitrogen and oxygen atoms in total. The van der Waals surface area contributed by atoms with Crippen LogP contribution < -0.4 is 10.1 Å². The predicted octanol–water partition coefficient (Wildman–Crippen LogP) is 2.04. The Morgan fingerprint density at radius 2 is 2.07 bits per heavy atom. The van der Waals surface area contributed by atoms with Crippen molar-refractivity contribution >= 4 is 37.3 Å². The molecular weight excluding hydrogens is 386 g/mol. The summed E-state index contributed by atoms with van der Waals surface area (Å²) in [6.45, 7) is -0.229. The summed E-state index contributed by atoms with van der Waals surface area (Å²) in [5.74, 6) is 0.0782. The molecule has 1 amide bonds. The van der Waals surface area contributed by atoms with Crippen LogP contribution in [0.1, 0.15) is 6.42 Å². The Labute approximate surface area is 160 Å². The van der Waals surface area contributed by atoms with Gasteiger partial charge < -0.3 is 10.1 Å². The summed E-state index contributed by atoms with van der Waals surface area (Å²) < 4.78 is 28.6. The third kappa shape index (κ3) is 3.93. The maximum absolute atomic E-state index is 12.1. The van der Waals surface area contributed by atoms with E-state index < -0.39 is 9.84 Å².